The highest BCUT2D eigenvalue weighted by Gasteiger charge is 2.21. The van der Waals surface area contributed by atoms with Gasteiger partial charge in [0.15, 0.2) is 5.65 Å². The van der Waals surface area contributed by atoms with Gasteiger partial charge in [-0.05, 0) is 18.6 Å². The second-order valence-corrected chi connectivity index (χ2v) is 5.37. The smallest absolute Gasteiger partial charge is 0.160 e. The van der Waals surface area contributed by atoms with Crippen LogP contribution >= 0.6 is 22.9 Å². The predicted octanol–water partition coefficient (Wildman–Crippen LogP) is 3.63. The summed E-state index contributed by atoms with van der Waals surface area (Å²) in [6, 6.07) is 4.00. The second kappa shape index (κ2) is 5.27. The van der Waals surface area contributed by atoms with Crippen LogP contribution in [0, 0.1) is 0 Å². The first-order valence-electron chi connectivity index (χ1n) is 6.12. The number of pyridine rings is 1. The van der Waals surface area contributed by atoms with E-state index in [1.54, 1.807) is 17.5 Å². The molecule has 1 unspecified atom stereocenters. The van der Waals surface area contributed by atoms with Crippen LogP contribution in [0.1, 0.15) is 30.2 Å². The molecule has 0 aromatic carbocycles. The molecule has 0 aliphatic rings. The highest BCUT2D eigenvalue weighted by atomic mass is 35.5. The molecule has 0 bridgehead atoms. The van der Waals surface area contributed by atoms with Crippen molar-refractivity contribution in [2.75, 3.05) is 0 Å². The van der Waals surface area contributed by atoms with E-state index < -0.39 is 0 Å². The van der Waals surface area contributed by atoms with Gasteiger partial charge in [-0.1, -0.05) is 6.92 Å². The number of thiazole rings is 1. The monoisotopic (exact) mass is 292 g/mol. The van der Waals surface area contributed by atoms with E-state index in [1.807, 2.05) is 23.7 Å². The van der Waals surface area contributed by atoms with E-state index in [-0.39, 0.29) is 6.04 Å². The summed E-state index contributed by atoms with van der Waals surface area (Å²) in [7, 11) is 0. The maximum atomic E-state index is 6.04. The molecule has 3 rings (SSSR count). The summed E-state index contributed by atoms with van der Waals surface area (Å²) in [5, 5.41) is 3.06. The van der Waals surface area contributed by atoms with Gasteiger partial charge in [0, 0.05) is 17.8 Å². The number of rotatable bonds is 4. The molecule has 1 atom stereocenters. The minimum Gasteiger partial charge on any atom is -0.302 e. The SMILES string of the molecule is CCC(c1nccs1)n1c(CCl)nc2cccnc21. The molecule has 3 heterocycles. The molecule has 0 aliphatic carbocycles. The van der Waals surface area contributed by atoms with E-state index in [1.165, 1.54) is 0 Å². The van der Waals surface area contributed by atoms with Crippen molar-refractivity contribution in [1.29, 1.82) is 0 Å². The van der Waals surface area contributed by atoms with Gasteiger partial charge in [-0.2, -0.15) is 0 Å². The largest absolute Gasteiger partial charge is 0.302 e. The van der Waals surface area contributed by atoms with E-state index in [0.29, 0.717) is 5.88 Å². The van der Waals surface area contributed by atoms with Gasteiger partial charge in [-0.15, -0.1) is 22.9 Å². The fourth-order valence-corrected chi connectivity index (χ4v) is 3.27. The van der Waals surface area contributed by atoms with Crippen molar-refractivity contribution < 1.29 is 0 Å². The molecule has 0 spiro atoms. The van der Waals surface area contributed by atoms with Gasteiger partial charge >= 0.3 is 0 Å². The molecule has 0 amide bonds. The first kappa shape index (κ1) is 12.6. The Morgan fingerprint density at radius 3 is 2.95 bits per heavy atom. The zero-order valence-electron chi connectivity index (χ0n) is 10.5. The van der Waals surface area contributed by atoms with E-state index in [2.05, 4.69) is 26.4 Å². The van der Waals surface area contributed by atoms with Gasteiger partial charge < -0.3 is 4.57 Å². The van der Waals surface area contributed by atoms with Crippen LogP contribution in [0.15, 0.2) is 29.9 Å². The molecule has 0 N–H and O–H groups in total. The molecule has 3 aromatic heterocycles. The molecular weight excluding hydrogens is 280 g/mol. The van der Waals surface area contributed by atoms with E-state index in [4.69, 9.17) is 11.6 Å². The second-order valence-electron chi connectivity index (χ2n) is 4.17. The fraction of sp³-hybridized carbons (Fsp3) is 0.308. The minimum absolute atomic E-state index is 0.147. The third-order valence-electron chi connectivity index (χ3n) is 3.08. The Morgan fingerprint density at radius 1 is 1.37 bits per heavy atom. The van der Waals surface area contributed by atoms with Crippen LogP contribution in [0.2, 0.25) is 0 Å². The Balaban J connectivity index is 2.22. The average Bonchev–Trinajstić information content (AvgIpc) is 3.08. The lowest BCUT2D eigenvalue weighted by Gasteiger charge is -2.16. The number of aromatic nitrogens is 4. The quantitative estimate of drug-likeness (QED) is 0.690. The third-order valence-corrected chi connectivity index (χ3v) is 4.19. The first-order valence-corrected chi connectivity index (χ1v) is 7.53. The first-order chi connectivity index (χ1) is 9.35. The lowest BCUT2D eigenvalue weighted by atomic mass is 10.2. The van der Waals surface area contributed by atoms with Gasteiger partial charge in [0.25, 0.3) is 0 Å². The normalized spacial score (nSPS) is 12.9. The molecule has 4 nitrogen and oxygen atoms in total. The van der Waals surface area contributed by atoms with Crippen LogP contribution < -0.4 is 0 Å². The van der Waals surface area contributed by atoms with E-state index >= 15 is 0 Å². The summed E-state index contributed by atoms with van der Waals surface area (Å²) in [6.07, 6.45) is 4.54. The molecule has 0 saturated carbocycles. The lowest BCUT2D eigenvalue weighted by molar-refractivity contribution is 0.558. The number of alkyl halides is 1. The Kier molecular flexibility index (Phi) is 3.48. The van der Waals surface area contributed by atoms with Gasteiger partial charge in [0.2, 0.25) is 0 Å². The number of nitrogens with zero attached hydrogens (tertiary/aromatic N) is 4. The molecule has 19 heavy (non-hydrogen) atoms. The zero-order chi connectivity index (χ0) is 13.2. The van der Waals surface area contributed by atoms with Gasteiger partial charge in [0.05, 0.1) is 11.9 Å². The van der Waals surface area contributed by atoms with Crippen molar-refractivity contribution >= 4 is 34.1 Å². The van der Waals surface area contributed by atoms with Crippen LogP contribution in [0.3, 0.4) is 0 Å². The standard InChI is InChI=1S/C13H13ClN4S/c1-2-10(13-16-6-7-19-13)18-11(8-14)17-9-4-3-5-15-12(9)18/h3-7,10H,2,8H2,1H3. The van der Waals surface area contributed by atoms with Crippen LogP contribution in [-0.2, 0) is 5.88 Å². The topological polar surface area (TPSA) is 43.6 Å². The molecule has 6 heteroatoms. The van der Waals surface area contributed by atoms with E-state index in [0.717, 1.165) is 28.4 Å². The minimum atomic E-state index is 0.147. The summed E-state index contributed by atoms with van der Waals surface area (Å²) in [5.74, 6) is 1.22. The lowest BCUT2D eigenvalue weighted by Crippen LogP contribution is -2.12. The van der Waals surface area contributed by atoms with Crippen LogP contribution in [0.5, 0.6) is 0 Å². The average molecular weight is 293 g/mol. The van der Waals surface area contributed by atoms with E-state index in [9.17, 15) is 0 Å². The van der Waals surface area contributed by atoms with Crippen molar-refractivity contribution in [2.24, 2.45) is 0 Å². The Hall–Kier alpha value is -1.46. The van der Waals surface area contributed by atoms with Gasteiger partial charge in [-0.3, -0.25) is 0 Å². The summed E-state index contributed by atoms with van der Waals surface area (Å²) in [6.45, 7) is 2.14. The molecule has 3 aromatic rings. The van der Waals surface area contributed by atoms with Crippen LogP contribution in [-0.4, -0.2) is 19.5 Å². The zero-order valence-corrected chi connectivity index (χ0v) is 12.0. The van der Waals surface area contributed by atoms with Gasteiger partial charge in [-0.25, -0.2) is 15.0 Å². The van der Waals surface area contributed by atoms with Crippen molar-refractivity contribution in [1.82, 2.24) is 19.5 Å². The maximum Gasteiger partial charge on any atom is 0.160 e. The number of halogens is 1. The molecular formula is C13H13ClN4S. The Bertz CT molecular complexity index is 677. The highest BCUT2D eigenvalue weighted by molar-refractivity contribution is 7.09. The van der Waals surface area contributed by atoms with Crippen molar-refractivity contribution in [3.05, 3.63) is 40.7 Å². The van der Waals surface area contributed by atoms with Crippen molar-refractivity contribution in [3.8, 4) is 0 Å². The molecule has 98 valence electrons. The number of hydrogen-bond donors (Lipinski definition) is 0. The number of hydrogen-bond acceptors (Lipinski definition) is 4. The Morgan fingerprint density at radius 2 is 2.26 bits per heavy atom. The molecule has 0 fully saturated rings. The Labute approximate surface area is 120 Å². The summed E-state index contributed by atoms with van der Waals surface area (Å²) >= 11 is 7.69. The molecule has 0 radical (unpaired) electrons. The summed E-state index contributed by atoms with van der Waals surface area (Å²) < 4.78 is 2.11. The summed E-state index contributed by atoms with van der Waals surface area (Å²) in [4.78, 5) is 13.4. The molecule has 0 aliphatic heterocycles. The van der Waals surface area contributed by atoms with Crippen LogP contribution in [0.4, 0.5) is 0 Å². The maximum absolute atomic E-state index is 6.04. The van der Waals surface area contributed by atoms with Gasteiger partial charge in [0.1, 0.15) is 16.3 Å². The van der Waals surface area contributed by atoms with Crippen molar-refractivity contribution in [2.45, 2.75) is 25.3 Å². The number of imidazole rings is 1. The summed E-state index contributed by atoms with van der Waals surface area (Å²) in [5.41, 5.74) is 1.76. The van der Waals surface area contributed by atoms with Crippen molar-refractivity contribution in [3.63, 3.8) is 0 Å². The predicted molar refractivity (Wildman–Crippen MR) is 77.6 cm³/mol. The third kappa shape index (κ3) is 2.13. The highest BCUT2D eigenvalue weighted by Crippen LogP contribution is 2.29. The molecule has 0 saturated heterocycles. The number of fused-ring (bicyclic) bond motifs is 1. The van der Waals surface area contributed by atoms with Crippen LogP contribution in [0.25, 0.3) is 11.2 Å². The fourth-order valence-electron chi connectivity index (χ4n) is 2.26.